The van der Waals surface area contributed by atoms with Gasteiger partial charge in [-0.15, -0.1) is 11.3 Å². The van der Waals surface area contributed by atoms with Gasteiger partial charge in [0.2, 0.25) is 0 Å². The number of benzene rings is 1. The van der Waals surface area contributed by atoms with Crippen molar-refractivity contribution in [2.24, 2.45) is 0 Å². The first-order chi connectivity index (χ1) is 12.0. The SMILES string of the molecule is C[C@@H]1CN(Cc2ccc(C(=O)O)cc2)C[C@H](C)N1C(=O)c1cccs1. The summed E-state index contributed by atoms with van der Waals surface area (Å²) < 4.78 is 0. The highest BCUT2D eigenvalue weighted by Gasteiger charge is 2.33. The first kappa shape index (κ1) is 17.6. The highest BCUT2D eigenvalue weighted by molar-refractivity contribution is 7.12. The smallest absolute Gasteiger partial charge is 0.335 e. The van der Waals surface area contributed by atoms with E-state index >= 15 is 0 Å². The summed E-state index contributed by atoms with van der Waals surface area (Å²) in [4.78, 5) is 28.7. The van der Waals surface area contributed by atoms with Gasteiger partial charge in [-0.1, -0.05) is 18.2 Å². The second-order valence-corrected chi connectivity index (χ2v) is 7.53. The van der Waals surface area contributed by atoms with E-state index in [1.54, 1.807) is 12.1 Å². The van der Waals surface area contributed by atoms with Gasteiger partial charge in [-0.2, -0.15) is 0 Å². The molecule has 25 heavy (non-hydrogen) atoms. The van der Waals surface area contributed by atoms with Crippen LogP contribution in [0.5, 0.6) is 0 Å². The molecule has 0 saturated carbocycles. The third-order valence-corrected chi connectivity index (χ3v) is 5.43. The molecule has 0 aliphatic carbocycles. The average molecular weight is 358 g/mol. The van der Waals surface area contributed by atoms with Crippen LogP contribution in [0.3, 0.4) is 0 Å². The van der Waals surface area contributed by atoms with Crippen molar-refractivity contribution in [2.75, 3.05) is 13.1 Å². The largest absolute Gasteiger partial charge is 0.478 e. The Balaban J connectivity index is 1.65. The van der Waals surface area contributed by atoms with Gasteiger partial charge in [0, 0.05) is 31.7 Å². The molecule has 0 unspecified atom stereocenters. The van der Waals surface area contributed by atoms with Crippen molar-refractivity contribution in [2.45, 2.75) is 32.5 Å². The van der Waals surface area contributed by atoms with Crippen molar-refractivity contribution < 1.29 is 14.7 Å². The lowest BCUT2D eigenvalue weighted by molar-refractivity contribution is 0.0272. The Labute approximate surface area is 151 Å². The van der Waals surface area contributed by atoms with Crippen LogP contribution >= 0.6 is 11.3 Å². The first-order valence-corrected chi connectivity index (χ1v) is 9.24. The molecule has 1 aromatic carbocycles. The van der Waals surface area contributed by atoms with E-state index in [0.717, 1.165) is 30.1 Å². The van der Waals surface area contributed by atoms with Crippen LogP contribution in [0.4, 0.5) is 0 Å². The maximum atomic E-state index is 12.7. The number of carboxylic acids is 1. The van der Waals surface area contributed by atoms with Gasteiger partial charge in [0.25, 0.3) is 5.91 Å². The van der Waals surface area contributed by atoms with Gasteiger partial charge in [-0.3, -0.25) is 9.69 Å². The number of hydrogen-bond acceptors (Lipinski definition) is 4. The molecule has 2 atom stereocenters. The number of piperazine rings is 1. The van der Waals surface area contributed by atoms with Gasteiger partial charge >= 0.3 is 5.97 Å². The lowest BCUT2D eigenvalue weighted by Crippen LogP contribution is -2.58. The molecule has 1 aliphatic rings. The maximum absolute atomic E-state index is 12.7. The molecule has 0 spiro atoms. The van der Waals surface area contributed by atoms with Gasteiger partial charge in [0.15, 0.2) is 0 Å². The highest BCUT2D eigenvalue weighted by Crippen LogP contribution is 2.22. The summed E-state index contributed by atoms with van der Waals surface area (Å²) >= 11 is 1.48. The Morgan fingerprint density at radius 3 is 2.28 bits per heavy atom. The van der Waals surface area contributed by atoms with Crippen molar-refractivity contribution in [1.29, 1.82) is 0 Å². The van der Waals surface area contributed by atoms with Gasteiger partial charge in [-0.25, -0.2) is 4.79 Å². The molecule has 1 aromatic heterocycles. The zero-order valence-corrected chi connectivity index (χ0v) is 15.2. The fourth-order valence-electron chi connectivity index (χ4n) is 3.50. The molecule has 2 aromatic rings. The fraction of sp³-hybridized carbons (Fsp3) is 0.368. The number of hydrogen-bond donors (Lipinski definition) is 1. The minimum atomic E-state index is -0.908. The minimum Gasteiger partial charge on any atom is -0.478 e. The first-order valence-electron chi connectivity index (χ1n) is 8.36. The number of carbonyl (C=O) groups excluding carboxylic acids is 1. The monoisotopic (exact) mass is 358 g/mol. The van der Waals surface area contributed by atoms with Crippen molar-refractivity contribution in [3.05, 3.63) is 57.8 Å². The topological polar surface area (TPSA) is 60.9 Å². The lowest BCUT2D eigenvalue weighted by atomic mass is 10.1. The molecular weight excluding hydrogens is 336 g/mol. The Kier molecular flexibility index (Phi) is 5.20. The Morgan fingerprint density at radius 2 is 1.76 bits per heavy atom. The molecule has 1 fully saturated rings. The van der Waals surface area contributed by atoms with Gasteiger partial charge in [0.05, 0.1) is 10.4 Å². The molecule has 1 saturated heterocycles. The maximum Gasteiger partial charge on any atom is 0.335 e. The molecule has 3 rings (SSSR count). The van der Waals surface area contributed by atoms with Crippen LogP contribution in [-0.2, 0) is 6.54 Å². The van der Waals surface area contributed by atoms with Crippen molar-refractivity contribution in [3.8, 4) is 0 Å². The van der Waals surface area contributed by atoms with Crippen molar-refractivity contribution in [3.63, 3.8) is 0 Å². The predicted molar refractivity (Wildman–Crippen MR) is 98.1 cm³/mol. The molecule has 2 heterocycles. The zero-order valence-electron chi connectivity index (χ0n) is 14.4. The number of rotatable bonds is 4. The van der Waals surface area contributed by atoms with Gasteiger partial charge in [0.1, 0.15) is 0 Å². The molecule has 0 bridgehead atoms. The van der Waals surface area contributed by atoms with Crippen LogP contribution in [0.1, 0.15) is 39.4 Å². The van der Waals surface area contributed by atoms with Crippen LogP contribution in [0.15, 0.2) is 41.8 Å². The van der Waals surface area contributed by atoms with E-state index in [2.05, 4.69) is 18.7 Å². The molecule has 6 heteroatoms. The van der Waals surface area contributed by atoms with Crippen LogP contribution in [0, 0.1) is 0 Å². The molecule has 5 nitrogen and oxygen atoms in total. The molecule has 1 N–H and O–H groups in total. The summed E-state index contributed by atoms with van der Waals surface area (Å²) in [6.07, 6.45) is 0. The predicted octanol–water partition coefficient (Wildman–Crippen LogP) is 3.18. The van der Waals surface area contributed by atoms with E-state index in [9.17, 15) is 9.59 Å². The quantitative estimate of drug-likeness (QED) is 0.912. The third kappa shape index (κ3) is 3.91. The lowest BCUT2D eigenvalue weighted by Gasteiger charge is -2.44. The van der Waals surface area contributed by atoms with Gasteiger partial charge in [-0.05, 0) is 43.0 Å². The van der Waals surface area contributed by atoms with Crippen molar-refractivity contribution in [1.82, 2.24) is 9.80 Å². The second kappa shape index (κ2) is 7.37. The van der Waals surface area contributed by atoms with E-state index in [0.29, 0.717) is 5.56 Å². The standard InChI is InChI=1S/C19H22N2O3S/c1-13-10-20(12-15-5-7-16(8-6-15)19(23)24)11-14(2)21(13)18(22)17-4-3-9-25-17/h3-9,13-14H,10-12H2,1-2H3,(H,23,24)/t13-,14+. The molecule has 0 radical (unpaired) electrons. The Bertz CT molecular complexity index is 731. The molecule has 1 aliphatic heterocycles. The Morgan fingerprint density at radius 1 is 1.12 bits per heavy atom. The fourth-order valence-corrected chi connectivity index (χ4v) is 4.17. The van der Waals surface area contributed by atoms with E-state index in [4.69, 9.17) is 5.11 Å². The normalized spacial score (nSPS) is 21.3. The third-order valence-electron chi connectivity index (χ3n) is 4.57. The minimum absolute atomic E-state index is 0.112. The number of thiophene rings is 1. The van der Waals surface area contributed by atoms with E-state index in [-0.39, 0.29) is 18.0 Å². The van der Waals surface area contributed by atoms with Crippen molar-refractivity contribution >= 4 is 23.2 Å². The molecular formula is C19H22N2O3S. The summed E-state index contributed by atoms with van der Waals surface area (Å²) in [5.74, 6) is -0.796. The molecule has 132 valence electrons. The number of nitrogens with zero attached hydrogens (tertiary/aromatic N) is 2. The van der Waals surface area contributed by atoms with Crippen LogP contribution in [0.2, 0.25) is 0 Å². The number of carbonyl (C=O) groups is 2. The summed E-state index contributed by atoms with van der Waals surface area (Å²) in [6, 6.07) is 11.1. The second-order valence-electron chi connectivity index (χ2n) is 6.58. The molecule has 1 amide bonds. The van der Waals surface area contributed by atoms with E-state index in [1.165, 1.54) is 11.3 Å². The zero-order chi connectivity index (χ0) is 18.0. The van der Waals surface area contributed by atoms with Crippen LogP contribution in [-0.4, -0.2) is 52.0 Å². The summed E-state index contributed by atoms with van der Waals surface area (Å²) in [5.41, 5.74) is 1.39. The van der Waals surface area contributed by atoms with Crippen LogP contribution < -0.4 is 0 Å². The van der Waals surface area contributed by atoms with E-state index < -0.39 is 5.97 Å². The number of amides is 1. The van der Waals surface area contributed by atoms with Gasteiger partial charge < -0.3 is 10.0 Å². The Hall–Kier alpha value is -2.18. The summed E-state index contributed by atoms with van der Waals surface area (Å²) in [5, 5.41) is 10.9. The average Bonchev–Trinajstić information content (AvgIpc) is 3.09. The highest BCUT2D eigenvalue weighted by atomic mass is 32.1. The number of carboxylic acid groups (broad SMARTS) is 1. The summed E-state index contributed by atoms with van der Waals surface area (Å²) in [6.45, 7) is 6.54. The van der Waals surface area contributed by atoms with E-state index in [1.807, 2.05) is 34.5 Å². The number of aromatic carboxylic acids is 1. The van der Waals surface area contributed by atoms with Crippen LogP contribution in [0.25, 0.3) is 0 Å². The summed E-state index contributed by atoms with van der Waals surface area (Å²) in [7, 11) is 0.